The Morgan fingerprint density at radius 3 is 2.68 bits per heavy atom. The highest BCUT2D eigenvalue weighted by Gasteiger charge is 2.35. The van der Waals surface area contributed by atoms with Gasteiger partial charge in [-0.15, -0.1) is 0 Å². The number of esters is 1. The fourth-order valence-electron chi connectivity index (χ4n) is 3.54. The molecule has 0 aliphatic carbocycles. The summed E-state index contributed by atoms with van der Waals surface area (Å²) in [4.78, 5) is 31.1. The van der Waals surface area contributed by atoms with Crippen molar-refractivity contribution in [1.82, 2.24) is 14.3 Å². The van der Waals surface area contributed by atoms with Crippen molar-refractivity contribution in [3.63, 3.8) is 0 Å². The first-order valence-electron chi connectivity index (χ1n) is 9.28. The van der Waals surface area contributed by atoms with Crippen LogP contribution in [0.25, 0.3) is 6.08 Å². The molecule has 0 bridgehead atoms. The van der Waals surface area contributed by atoms with Gasteiger partial charge in [0.15, 0.2) is 4.80 Å². The fourth-order valence-corrected chi connectivity index (χ4v) is 4.94. The average Bonchev–Trinajstić information content (AvgIpc) is 3.23. The summed E-state index contributed by atoms with van der Waals surface area (Å²) in [6.45, 7) is 3.62. The zero-order valence-electron chi connectivity index (χ0n) is 17.1. The first-order valence-corrected chi connectivity index (χ1v) is 10.8. The Morgan fingerprint density at radius 1 is 1.29 bits per heavy atom. The van der Waals surface area contributed by atoms with Gasteiger partial charge in [-0.25, -0.2) is 9.79 Å². The predicted molar refractivity (Wildman–Crippen MR) is 120 cm³/mol. The van der Waals surface area contributed by atoms with Crippen LogP contribution in [0.15, 0.2) is 45.5 Å². The topological polar surface area (TPSA) is 78.5 Å². The molecule has 1 aromatic carbocycles. The maximum atomic E-state index is 13.5. The zero-order valence-corrected chi connectivity index (χ0v) is 19.5. The molecule has 0 saturated carbocycles. The molecule has 160 valence electrons. The molecule has 0 saturated heterocycles. The van der Waals surface area contributed by atoms with Gasteiger partial charge < -0.3 is 4.74 Å². The third-order valence-electron chi connectivity index (χ3n) is 5.26. The molecule has 0 N–H and O–H groups in total. The molecule has 2 aromatic heterocycles. The number of carbonyl (C=O) groups is 1. The molecule has 1 aliphatic heterocycles. The van der Waals surface area contributed by atoms with Crippen LogP contribution in [0, 0.1) is 6.92 Å². The number of hydrogen-bond donors (Lipinski definition) is 0. The Kier molecular flexibility index (Phi) is 5.63. The van der Waals surface area contributed by atoms with E-state index in [9.17, 15) is 9.59 Å². The first-order chi connectivity index (χ1) is 14.7. The fraction of sp³-hybridized carbons (Fsp3) is 0.238. The van der Waals surface area contributed by atoms with Crippen LogP contribution in [-0.4, -0.2) is 27.4 Å². The molecule has 0 unspecified atom stereocenters. The van der Waals surface area contributed by atoms with Gasteiger partial charge in [-0.05, 0) is 31.6 Å². The van der Waals surface area contributed by atoms with Crippen LogP contribution < -0.4 is 14.9 Å². The molecule has 31 heavy (non-hydrogen) atoms. The predicted octanol–water partition coefficient (Wildman–Crippen LogP) is 2.76. The van der Waals surface area contributed by atoms with Crippen molar-refractivity contribution in [2.24, 2.45) is 12.0 Å². The first kappa shape index (κ1) is 21.5. The Hall–Kier alpha value is -2.68. The Bertz CT molecular complexity index is 1430. The third-order valence-corrected chi connectivity index (χ3v) is 7.08. The molecule has 1 aliphatic rings. The minimum absolute atomic E-state index is 0.290. The summed E-state index contributed by atoms with van der Waals surface area (Å²) < 4.78 is 8.64. The largest absolute Gasteiger partial charge is 0.466 e. The second-order valence-corrected chi connectivity index (χ2v) is 8.82. The number of thiazole rings is 1. The lowest BCUT2D eigenvalue weighted by Crippen LogP contribution is -2.40. The van der Waals surface area contributed by atoms with Gasteiger partial charge in [0, 0.05) is 18.3 Å². The number of nitrogens with zero attached hydrogens (tertiary/aromatic N) is 4. The standard InChI is InChI=1S/C21H18Cl2N4O3S/c1-10-16(20(29)30-4)18(13-9-24-26(3)11(13)2)27-19(28)15(31-21(27)25-10)8-12-6-5-7-14(22)17(12)23/h5-9,18H,1-4H3/b15-8+/t18-/m1/s1. The molecule has 7 nitrogen and oxygen atoms in total. The lowest BCUT2D eigenvalue weighted by molar-refractivity contribution is -0.136. The monoisotopic (exact) mass is 476 g/mol. The van der Waals surface area contributed by atoms with Gasteiger partial charge in [-0.3, -0.25) is 14.0 Å². The minimum atomic E-state index is -0.700. The minimum Gasteiger partial charge on any atom is -0.466 e. The number of allylic oxidation sites excluding steroid dienone is 1. The summed E-state index contributed by atoms with van der Waals surface area (Å²) in [6.07, 6.45) is 3.34. The lowest BCUT2D eigenvalue weighted by Gasteiger charge is -2.23. The highest BCUT2D eigenvalue weighted by molar-refractivity contribution is 7.07. The molecule has 10 heteroatoms. The molecule has 3 aromatic rings. The summed E-state index contributed by atoms with van der Waals surface area (Å²) in [6, 6.07) is 4.52. The van der Waals surface area contributed by atoms with E-state index in [1.54, 1.807) is 49.1 Å². The van der Waals surface area contributed by atoms with Crippen molar-refractivity contribution in [3.8, 4) is 0 Å². The normalized spacial score (nSPS) is 16.3. The van der Waals surface area contributed by atoms with E-state index >= 15 is 0 Å². The van der Waals surface area contributed by atoms with Crippen LogP contribution in [0.1, 0.15) is 29.8 Å². The molecule has 4 rings (SSSR count). The van der Waals surface area contributed by atoms with E-state index in [1.807, 2.05) is 6.92 Å². The second-order valence-electron chi connectivity index (χ2n) is 7.03. The van der Waals surface area contributed by atoms with Gasteiger partial charge in [0.05, 0.1) is 39.2 Å². The van der Waals surface area contributed by atoms with Crippen molar-refractivity contribution in [1.29, 1.82) is 0 Å². The molecule has 0 radical (unpaired) electrons. The van der Waals surface area contributed by atoms with E-state index in [1.165, 1.54) is 23.0 Å². The van der Waals surface area contributed by atoms with E-state index in [2.05, 4.69) is 10.1 Å². The lowest BCUT2D eigenvalue weighted by atomic mass is 9.96. The summed E-state index contributed by atoms with van der Waals surface area (Å²) in [5, 5.41) is 5.05. The van der Waals surface area contributed by atoms with Crippen LogP contribution in [0.3, 0.4) is 0 Å². The van der Waals surface area contributed by atoms with Gasteiger partial charge in [-0.2, -0.15) is 5.10 Å². The number of halogens is 2. The molecular formula is C21H18Cl2N4O3S. The smallest absolute Gasteiger partial charge is 0.338 e. The van der Waals surface area contributed by atoms with Gasteiger partial charge in [0.2, 0.25) is 0 Å². The maximum Gasteiger partial charge on any atom is 0.338 e. The number of aryl methyl sites for hydroxylation is 1. The van der Waals surface area contributed by atoms with Gasteiger partial charge in [-0.1, -0.05) is 46.7 Å². The molecule has 0 spiro atoms. The number of ether oxygens (including phenoxy) is 1. The van der Waals surface area contributed by atoms with Crippen molar-refractivity contribution in [3.05, 3.63) is 82.2 Å². The van der Waals surface area contributed by atoms with Crippen molar-refractivity contribution in [2.75, 3.05) is 7.11 Å². The molecule has 1 atom stereocenters. The number of methoxy groups -OCH3 is 1. The van der Waals surface area contributed by atoms with Gasteiger partial charge in [0.25, 0.3) is 5.56 Å². The van der Waals surface area contributed by atoms with E-state index in [0.717, 1.165) is 11.3 Å². The number of aromatic nitrogens is 3. The maximum absolute atomic E-state index is 13.5. The Morgan fingerprint density at radius 2 is 2.03 bits per heavy atom. The van der Waals surface area contributed by atoms with Crippen LogP contribution in [0.2, 0.25) is 10.0 Å². The highest BCUT2D eigenvalue weighted by atomic mass is 35.5. The molecule has 3 heterocycles. The van der Waals surface area contributed by atoms with Crippen LogP contribution in [0.4, 0.5) is 0 Å². The Balaban J connectivity index is 2.02. The van der Waals surface area contributed by atoms with E-state index < -0.39 is 12.0 Å². The number of fused-ring (bicyclic) bond motifs is 1. The third kappa shape index (κ3) is 3.54. The second kappa shape index (κ2) is 8.11. The quantitative estimate of drug-likeness (QED) is 0.544. The summed E-state index contributed by atoms with van der Waals surface area (Å²) in [5.74, 6) is -0.540. The zero-order chi connectivity index (χ0) is 22.4. The summed E-state index contributed by atoms with van der Waals surface area (Å²) in [5.41, 5.74) is 2.69. The van der Waals surface area contributed by atoms with Gasteiger partial charge >= 0.3 is 5.97 Å². The van der Waals surface area contributed by atoms with Gasteiger partial charge in [0.1, 0.15) is 6.04 Å². The van der Waals surface area contributed by atoms with E-state index in [4.69, 9.17) is 27.9 Å². The molecule has 0 amide bonds. The number of rotatable bonds is 3. The van der Waals surface area contributed by atoms with E-state index in [0.29, 0.717) is 36.2 Å². The molecular weight excluding hydrogens is 459 g/mol. The van der Waals surface area contributed by atoms with Crippen molar-refractivity contribution >= 4 is 46.6 Å². The number of hydrogen-bond acceptors (Lipinski definition) is 6. The van der Waals surface area contributed by atoms with Crippen LogP contribution in [0.5, 0.6) is 0 Å². The number of carbonyl (C=O) groups excluding carboxylic acids is 1. The van der Waals surface area contributed by atoms with Crippen molar-refractivity contribution < 1.29 is 9.53 Å². The summed E-state index contributed by atoms with van der Waals surface area (Å²) in [7, 11) is 3.11. The summed E-state index contributed by atoms with van der Waals surface area (Å²) >= 11 is 13.6. The van der Waals surface area contributed by atoms with E-state index in [-0.39, 0.29) is 5.56 Å². The molecule has 0 fully saturated rings. The SMILES string of the molecule is COC(=O)C1=C(C)N=c2s/c(=C/c3cccc(Cl)c3Cl)c(=O)n2[C@@H]1c1cnn(C)c1C. The Labute approximate surface area is 191 Å². The van der Waals surface area contributed by atoms with Crippen LogP contribution in [-0.2, 0) is 16.6 Å². The van der Waals surface area contributed by atoms with Crippen molar-refractivity contribution in [2.45, 2.75) is 19.9 Å². The average molecular weight is 477 g/mol. The number of benzene rings is 1. The highest BCUT2D eigenvalue weighted by Crippen LogP contribution is 2.32. The van der Waals surface area contributed by atoms with Crippen LogP contribution >= 0.6 is 34.5 Å².